The Hall–Kier alpha value is -0.120. The lowest BCUT2D eigenvalue weighted by Crippen LogP contribution is -2.64. The summed E-state index contributed by atoms with van der Waals surface area (Å²) in [5.41, 5.74) is 0.360. The van der Waals surface area contributed by atoms with Crippen LogP contribution in [-0.4, -0.2) is 48.8 Å². The summed E-state index contributed by atoms with van der Waals surface area (Å²) >= 11 is 0. The van der Waals surface area contributed by atoms with E-state index in [-0.39, 0.29) is 0 Å². The van der Waals surface area contributed by atoms with Crippen molar-refractivity contribution in [1.82, 2.24) is 10.2 Å². The summed E-state index contributed by atoms with van der Waals surface area (Å²) in [5.74, 6) is 0.915. The molecule has 0 radical (unpaired) electrons. The van der Waals surface area contributed by atoms with Crippen molar-refractivity contribution in [3.05, 3.63) is 0 Å². The first-order valence-corrected chi connectivity index (χ1v) is 8.82. The highest BCUT2D eigenvalue weighted by molar-refractivity contribution is 5.03. The first kappa shape index (κ1) is 14.8. The average molecular weight is 280 g/mol. The summed E-state index contributed by atoms with van der Waals surface area (Å²) in [4.78, 5) is 2.70. The lowest BCUT2D eigenvalue weighted by Gasteiger charge is -2.46. The van der Waals surface area contributed by atoms with Crippen molar-refractivity contribution in [2.45, 2.75) is 76.5 Å². The van der Waals surface area contributed by atoms with Gasteiger partial charge >= 0.3 is 0 Å². The highest BCUT2D eigenvalue weighted by atomic mass is 16.5. The third-order valence-corrected chi connectivity index (χ3v) is 5.77. The Bertz CT molecular complexity index is 312. The molecule has 0 amide bonds. The Morgan fingerprint density at radius 3 is 2.60 bits per heavy atom. The number of nitrogens with one attached hydrogen (secondary N) is 1. The molecule has 3 nitrogen and oxygen atoms in total. The van der Waals surface area contributed by atoms with Crippen molar-refractivity contribution in [3.8, 4) is 0 Å². The molecule has 3 heteroatoms. The maximum absolute atomic E-state index is 6.08. The first-order valence-electron chi connectivity index (χ1n) is 8.82. The van der Waals surface area contributed by atoms with Crippen LogP contribution in [0.15, 0.2) is 0 Å². The third-order valence-electron chi connectivity index (χ3n) is 5.77. The minimum absolute atomic E-state index is 0.360. The maximum atomic E-state index is 6.08. The number of hydrogen-bond acceptors (Lipinski definition) is 3. The van der Waals surface area contributed by atoms with Crippen molar-refractivity contribution in [2.75, 3.05) is 26.2 Å². The highest BCUT2D eigenvalue weighted by Gasteiger charge is 2.45. The smallest absolute Gasteiger partial charge is 0.0597 e. The quantitative estimate of drug-likeness (QED) is 0.810. The minimum atomic E-state index is 0.360. The van der Waals surface area contributed by atoms with Gasteiger partial charge in [-0.3, -0.25) is 4.90 Å². The van der Waals surface area contributed by atoms with Crippen LogP contribution in [0.3, 0.4) is 0 Å². The molecule has 3 aliphatic rings. The molecule has 1 heterocycles. The van der Waals surface area contributed by atoms with E-state index in [0.717, 1.165) is 25.6 Å². The predicted octanol–water partition coefficient (Wildman–Crippen LogP) is 2.80. The summed E-state index contributed by atoms with van der Waals surface area (Å²) < 4.78 is 6.08. The molecule has 1 aliphatic heterocycles. The van der Waals surface area contributed by atoms with Crippen LogP contribution in [0.25, 0.3) is 0 Å². The summed E-state index contributed by atoms with van der Waals surface area (Å²) in [7, 11) is 0. The fraction of sp³-hybridized carbons (Fsp3) is 1.00. The highest BCUT2D eigenvalue weighted by Crippen LogP contribution is 2.41. The topological polar surface area (TPSA) is 24.5 Å². The fourth-order valence-corrected chi connectivity index (χ4v) is 4.14. The molecule has 0 bridgehead atoms. The van der Waals surface area contributed by atoms with E-state index in [1.54, 1.807) is 0 Å². The Labute approximate surface area is 124 Å². The van der Waals surface area contributed by atoms with E-state index < -0.39 is 0 Å². The summed E-state index contributed by atoms with van der Waals surface area (Å²) in [6, 6.07) is 0.703. The van der Waals surface area contributed by atoms with Gasteiger partial charge in [-0.1, -0.05) is 19.8 Å². The molecule has 0 aromatic carbocycles. The molecule has 20 heavy (non-hydrogen) atoms. The van der Waals surface area contributed by atoms with Crippen molar-refractivity contribution < 1.29 is 4.74 Å². The van der Waals surface area contributed by atoms with Gasteiger partial charge in [-0.15, -0.1) is 0 Å². The molecule has 116 valence electrons. The molecule has 3 rings (SSSR count). The summed E-state index contributed by atoms with van der Waals surface area (Å²) in [6.45, 7) is 9.18. The Morgan fingerprint density at radius 1 is 1.20 bits per heavy atom. The van der Waals surface area contributed by atoms with Gasteiger partial charge in [0.05, 0.1) is 12.7 Å². The van der Waals surface area contributed by atoms with E-state index in [2.05, 4.69) is 24.1 Å². The van der Waals surface area contributed by atoms with Gasteiger partial charge in [0.25, 0.3) is 0 Å². The second-order valence-electron chi connectivity index (χ2n) is 7.38. The zero-order valence-electron chi connectivity index (χ0n) is 13.4. The van der Waals surface area contributed by atoms with Crippen LogP contribution in [-0.2, 0) is 4.74 Å². The largest absolute Gasteiger partial charge is 0.377 e. The summed E-state index contributed by atoms with van der Waals surface area (Å²) in [6.07, 6.45) is 9.98. The minimum Gasteiger partial charge on any atom is -0.377 e. The molecule has 2 atom stereocenters. The Morgan fingerprint density at radius 2 is 1.95 bits per heavy atom. The van der Waals surface area contributed by atoms with Crippen LogP contribution in [0.4, 0.5) is 0 Å². The van der Waals surface area contributed by atoms with Crippen molar-refractivity contribution in [1.29, 1.82) is 0 Å². The number of piperazine rings is 1. The molecule has 2 saturated carbocycles. The molecule has 0 aromatic rings. The van der Waals surface area contributed by atoms with Crippen molar-refractivity contribution in [3.63, 3.8) is 0 Å². The third kappa shape index (κ3) is 3.37. The second-order valence-corrected chi connectivity index (χ2v) is 7.38. The fourth-order valence-electron chi connectivity index (χ4n) is 4.14. The van der Waals surface area contributed by atoms with Crippen molar-refractivity contribution >= 4 is 0 Å². The van der Waals surface area contributed by atoms with Gasteiger partial charge in [-0.2, -0.15) is 0 Å². The van der Waals surface area contributed by atoms with E-state index in [1.165, 1.54) is 51.5 Å². The van der Waals surface area contributed by atoms with Crippen LogP contribution in [0.5, 0.6) is 0 Å². The molecular weight excluding hydrogens is 248 g/mol. The standard InChI is InChI=1S/C17H32N2O/c1-3-15-12-18-17(2,14-8-9-14)13-19(15)10-11-20-16-6-4-5-7-16/h14-16,18H,3-13H2,1-2H3. The summed E-state index contributed by atoms with van der Waals surface area (Å²) in [5, 5.41) is 3.84. The zero-order chi connectivity index (χ0) is 14.0. The second kappa shape index (κ2) is 6.33. The van der Waals surface area contributed by atoms with E-state index in [1.807, 2.05) is 0 Å². The van der Waals surface area contributed by atoms with Crippen LogP contribution < -0.4 is 5.32 Å². The van der Waals surface area contributed by atoms with Crippen LogP contribution in [0.1, 0.15) is 58.8 Å². The van der Waals surface area contributed by atoms with Crippen LogP contribution >= 0.6 is 0 Å². The van der Waals surface area contributed by atoms with E-state index in [0.29, 0.717) is 17.7 Å². The van der Waals surface area contributed by atoms with Gasteiger partial charge in [-0.05, 0) is 44.9 Å². The molecule has 2 aliphatic carbocycles. The Kier molecular flexibility index (Phi) is 4.68. The normalized spacial score (nSPS) is 36.6. The lowest BCUT2D eigenvalue weighted by molar-refractivity contribution is 0.00979. The maximum Gasteiger partial charge on any atom is 0.0597 e. The first-order chi connectivity index (χ1) is 9.71. The van der Waals surface area contributed by atoms with Crippen LogP contribution in [0.2, 0.25) is 0 Å². The SMILES string of the molecule is CCC1CNC(C)(C2CC2)CN1CCOC1CCCC1. The number of nitrogens with zero attached hydrogens (tertiary/aromatic N) is 1. The monoisotopic (exact) mass is 280 g/mol. The molecular formula is C17H32N2O. The molecule has 2 unspecified atom stereocenters. The predicted molar refractivity (Wildman–Crippen MR) is 83.0 cm³/mol. The van der Waals surface area contributed by atoms with E-state index in [9.17, 15) is 0 Å². The van der Waals surface area contributed by atoms with E-state index in [4.69, 9.17) is 4.74 Å². The van der Waals surface area contributed by atoms with Crippen molar-refractivity contribution in [2.24, 2.45) is 5.92 Å². The number of ether oxygens (including phenoxy) is 1. The molecule has 0 spiro atoms. The number of hydrogen-bond donors (Lipinski definition) is 1. The molecule has 3 fully saturated rings. The lowest BCUT2D eigenvalue weighted by atomic mass is 9.90. The van der Waals surface area contributed by atoms with Gasteiger partial charge in [0.2, 0.25) is 0 Å². The molecule has 1 saturated heterocycles. The average Bonchev–Trinajstić information content (AvgIpc) is 3.19. The molecule has 1 N–H and O–H groups in total. The Balaban J connectivity index is 1.48. The molecule has 0 aromatic heterocycles. The number of rotatable bonds is 6. The van der Waals surface area contributed by atoms with Crippen LogP contribution in [0, 0.1) is 5.92 Å². The van der Waals surface area contributed by atoms with Gasteiger partial charge in [0.15, 0.2) is 0 Å². The van der Waals surface area contributed by atoms with Gasteiger partial charge in [0, 0.05) is 31.2 Å². The van der Waals surface area contributed by atoms with Gasteiger partial charge < -0.3 is 10.1 Å². The van der Waals surface area contributed by atoms with Gasteiger partial charge in [-0.25, -0.2) is 0 Å². The zero-order valence-corrected chi connectivity index (χ0v) is 13.4. The van der Waals surface area contributed by atoms with Gasteiger partial charge in [0.1, 0.15) is 0 Å². The van der Waals surface area contributed by atoms with E-state index >= 15 is 0 Å².